The quantitative estimate of drug-likeness (QED) is 0.315. The van der Waals surface area contributed by atoms with E-state index in [2.05, 4.69) is 20.1 Å². The molecular weight excluding hydrogens is 426 g/mol. The number of carbonyl (C=O) groups excluding carboxylic acids is 1. The number of hydrogen-bond donors (Lipinski definition) is 1. The lowest BCUT2D eigenvalue weighted by Crippen LogP contribution is -2.28. The van der Waals surface area contributed by atoms with Gasteiger partial charge in [-0.05, 0) is 56.8 Å². The number of rotatable bonds is 8. The number of fused-ring (bicyclic) bond motifs is 1. The molecule has 1 aliphatic heterocycles. The van der Waals surface area contributed by atoms with Gasteiger partial charge in [-0.15, -0.1) is 10.2 Å². The summed E-state index contributed by atoms with van der Waals surface area (Å²) in [7, 11) is 1.95. The van der Waals surface area contributed by atoms with E-state index >= 15 is 0 Å². The van der Waals surface area contributed by atoms with Crippen molar-refractivity contribution in [1.29, 1.82) is 0 Å². The van der Waals surface area contributed by atoms with E-state index < -0.39 is 0 Å². The molecule has 1 unspecified atom stereocenters. The molecule has 8 nitrogen and oxygen atoms in total. The molecule has 0 spiro atoms. The molecule has 1 aromatic carbocycles. The molecule has 1 saturated carbocycles. The number of phenols is 1. The van der Waals surface area contributed by atoms with Gasteiger partial charge >= 0.3 is 0 Å². The summed E-state index contributed by atoms with van der Waals surface area (Å²) in [5, 5.41) is 19.4. The number of aromatic hydroxyl groups is 1. The van der Waals surface area contributed by atoms with Crippen LogP contribution in [0.25, 0.3) is 11.6 Å². The molecule has 9 heteroatoms. The smallest absolute Gasteiger partial charge is 0.202 e. The first-order valence-electron chi connectivity index (χ1n) is 10.9. The first kappa shape index (κ1) is 21.2. The number of carbonyl (C=O) groups is 1. The molecule has 1 saturated heterocycles. The Hall–Kier alpha value is -2.65. The number of nitrogens with zero attached hydrogens (tertiary/aromatic N) is 5. The van der Waals surface area contributed by atoms with Crippen molar-refractivity contribution in [2.75, 3.05) is 25.4 Å². The molecule has 168 valence electrons. The Morgan fingerprint density at radius 3 is 2.97 bits per heavy atom. The van der Waals surface area contributed by atoms with Crippen LogP contribution in [0, 0.1) is 12.8 Å². The minimum absolute atomic E-state index is 0.0760. The Balaban J connectivity index is 1.15. The van der Waals surface area contributed by atoms with Crippen LogP contribution in [0.3, 0.4) is 0 Å². The Morgan fingerprint density at radius 1 is 1.38 bits per heavy atom. The van der Waals surface area contributed by atoms with E-state index in [-0.39, 0.29) is 16.9 Å². The monoisotopic (exact) mass is 453 g/mol. The van der Waals surface area contributed by atoms with Gasteiger partial charge in [-0.3, -0.25) is 4.79 Å². The van der Waals surface area contributed by atoms with E-state index in [9.17, 15) is 9.90 Å². The predicted octanol–water partition coefficient (Wildman–Crippen LogP) is 3.44. The summed E-state index contributed by atoms with van der Waals surface area (Å²) in [4.78, 5) is 18.5. The van der Waals surface area contributed by atoms with Crippen molar-refractivity contribution >= 4 is 17.5 Å². The number of aromatic nitrogens is 4. The standard InChI is InChI=1S/C23H27N5O3S/c1-14-20(31-13-24-14)21-25-26-22(27(21)3)32-8-4-7-28-11-17-10-23(17,12-28)16-5-6-19(30)18(9-16)15(2)29/h5-6,9,13,17,30H,4,7-8,10-12H2,1-3H3/t17-,23?/m0/s1. The van der Waals surface area contributed by atoms with E-state index in [1.54, 1.807) is 17.8 Å². The fraction of sp³-hybridized carbons (Fsp3) is 0.478. The summed E-state index contributed by atoms with van der Waals surface area (Å²) in [5.74, 6) is 2.95. The molecule has 32 heavy (non-hydrogen) atoms. The van der Waals surface area contributed by atoms with Crippen LogP contribution < -0.4 is 0 Å². The average molecular weight is 454 g/mol. The van der Waals surface area contributed by atoms with Gasteiger partial charge in [0.25, 0.3) is 0 Å². The lowest BCUT2D eigenvalue weighted by molar-refractivity contribution is 0.101. The molecule has 3 heterocycles. The third-order valence-electron chi connectivity index (χ3n) is 6.80. The molecule has 0 amide bonds. The molecule has 2 fully saturated rings. The zero-order chi connectivity index (χ0) is 22.5. The highest BCUT2D eigenvalue weighted by molar-refractivity contribution is 7.99. The molecular formula is C23H27N5O3S. The lowest BCUT2D eigenvalue weighted by Gasteiger charge is -2.21. The van der Waals surface area contributed by atoms with Crippen molar-refractivity contribution in [2.45, 2.75) is 37.3 Å². The number of benzene rings is 1. The predicted molar refractivity (Wildman–Crippen MR) is 121 cm³/mol. The summed E-state index contributed by atoms with van der Waals surface area (Å²) in [6, 6.07) is 5.56. The molecule has 1 aliphatic carbocycles. The molecule has 2 atom stereocenters. The zero-order valence-electron chi connectivity index (χ0n) is 18.5. The van der Waals surface area contributed by atoms with Crippen molar-refractivity contribution in [3.63, 3.8) is 0 Å². The van der Waals surface area contributed by atoms with Gasteiger partial charge in [0.1, 0.15) is 5.75 Å². The van der Waals surface area contributed by atoms with Crippen LogP contribution in [0.4, 0.5) is 0 Å². The summed E-state index contributed by atoms with van der Waals surface area (Å²) in [5.41, 5.74) is 2.58. The number of ketones is 1. The fourth-order valence-corrected chi connectivity index (χ4v) is 5.77. The highest BCUT2D eigenvalue weighted by atomic mass is 32.2. The first-order chi connectivity index (χ1) is 15.4. The van der Waals surface area contributed by atoms with Crippen LogP contribution in [0.1, 0.15) is 41.4 Å². The molecule has 0 bridgehead atoms. The Bertz CT molecular complexity index is 1170. The van der Waals surface area contributed by atoms with Gasteiger partial charge in [-0.2, -0.15) is 0 Å². The largest absolute Gasteiger partial charge is 0.507 e. The van der Waals surface area contributed by atoms with Crippen LogP contribution in [0.2, 0.25) is 0 Å². The maximum Gasteiger partial charge on any atom is 0.202 e. The average Bonchev–Trinajstić information content (AvgIpc) is 3.06. The van der Waals surface area contributed by atoms with Gasteiger partial charge in [-0.1, -0.05) is 17.8 Å². The van der Waals surface area contributed by atoms with Crippen LogP contribution in [-0.2, 0) is 12.5 Å². The summed E-state index contributed by atoms with van der Waals surface area (Å²) >= 11 is 1.70. The summed E-state index contributed by atoms with van der Waals surface area (Å²) in [6.45, 7) is 6.55. The molecule has 2 aromatic heterocycles. The van der Waals surface area contributed by atoms with Crippen molar-refractivity contribution in [2.24, 2.45) is 13.0 Å². The molecule has 3 aromatic rings. The molecule has 1 N–H and O–H groups in total. The van der Waals surface area contributed by atoms with E-state index in [1.807, 2.05) is 30.7 Å². The number of likely N-dealkylation sites (tertiary alicyclic amines) is 1. The van der Waals surface area contributed by atoms with Gasteiger partial charge < -0.3 is 19.0 Å². The van der Waals surface area contributed by atoms with Crippen LogP contribution in [-0.4, -0.2) is 60.9 Å². The number of thioether (sulfide) groups is 1. The van der Waals surface area contributed by atoms with Gasteiger partial charge in [0, 0.05) is 31.3 Å². The normalized spacial score (nSPS) is 22.3. The van der Waals surface area contributed by atoms with Crippen molar-refractivity contribution in [1.82, 2.24) is 24.6 Å². The van der Waals surface area contributed by atoms with Crippen LogP contribution >= 0.6 is 11.8 Å². The van der Waals surface area contributed by atoms with Crippen LogP contribution in [0.15, 0.2) is 34.2 Å². The van der Waals surface area contributed by atoms with Crippen molar-refractivity contribution in [3.05, 3.63) is 41.4 Å². The first-order valence-corrected chi connectivity index (χ1v) is 11.9. The molecule has 5 rings (SSSR count). The van der Waals surface area contributed by atoms with E-state index in [0.717, 1.165) is 42.7 Å². The summed E-state index contributed by atoms with van der Waals surface area (Å²) < 4.78 is 7.40. The SMILES string of the molecule is CC(=O)c1cc(C23C[C@H]2CN(CCCSc2nnc(-c4ocnc4C)n2C)C3)ccc1O. The molecule has 2 aliphatic rings. The minimum atomic E-state index is -0.0877. The van der Waals surface area contributed by atoms with Gasteiger partial charge in [0.05, 0.1) is 11.3 Å². The van der Waals surface area contributed by atoms with Gasteiger partial charge in [0.15, 0.2) is 23.1 Å². The second kappa shape index (κ2) is 8.04. The van der Waals surface area contributed by atoms with Gasteiger partial charge in [0.2, 0.25) is 5.82 Å². The second-order valence-electron chi connectivity index (χ2n) is 8.91. The topological polar surface area (TPSA) is 97.3 Å². The Labute approximate surface area is 191 Å². The fourth-order valence-electron chi connectivity index (χ4n) is 4.94. The third-order valence-corrected chi connectivity index (χ3v) is 7.91. The number of aryl methyl sites for hydroxylation is 1. The number of Topliss-reactive ketones (excluding diaryl/α,β-unsaturated/α-hetero) is 1. The Kier molecular flexibility index (Phi) is 5.33. The maximum atomic E-state index is 11.8. The minimum Gasteiger partial charge on any atom is -0.507 e. The van der Waals surface area contributed by atoms with E-state index in [0.29, 0.717) is 23.1 Å². The Morgan fingerprint density at radius 2 is 2.22 bits per heavy atom. The number of phenolic OH excluding ortho intramolecular Hbond substituents is 1. The number of piperidine rings is 1. The maximum absolute atomic E-state index is 11.8. The number of oxazole rings is 1. The lowest BCUT2D eigenvalue weighted by atomic mass is 9.92. The van der Waals surface area contributed by atoms with E-state index in [4.69, 9.17) is 4.42 Å². The van der Waals surface area contributed by atoms with Crippen molar-refractivity contribution < 1.29 is 14.3 Å². The number of hydrogen-bond acceptors (Lipinski definition) is 8. The second-order valence-corrected chi connectivity index (χ2v) is 9.98. The third kappa shape index (κ3) is 3.63. The summed E-state index contributed by atoms with van der Waals surface area (Å²) in [6.07, 6.45) is 3.66. The van der Waals surface area contributed by atoms with E-state index in [1.165, 1.54) is 25.3 Å². The van der Waals surface area contributed by atoms with Gasteiger partial charge in [-0.25, -0.2) is 4.98 Å². The molecule has 0 radical (unpaired) electrons. The highest BCUT2D eigenvalue weighted by Crippen LogP contribution is 2.59. The highest BCUT2D eigenvalue weighted by Gasteiger charge is 2.60. The zero-order valence-corrected chi connectivity index (χ0v) is 19.4. The van der Waals surface area contributed by atoms with Crippen molar-refractivity contribution in [3.8, 4) is 17.3 Å². The van der Waals surface area contributed by atoms with Crippen LogP contribution in [0.5, 0.6) is 5.75 Å².